The maximum Gasteiger partial charge on any atom is 0.123 e. The van der Waals surface area contributed by atoms with Gasteiger partial charge in [-0.25, -0.2) is 4.39 Å². The summed E-state index contributed by atoms with van der Waals surface area (Å²) < 4.78 is 13.1. The highest BCUT2D eigenvalue weighted by Gasteiger charge is 2.35. The van der Waals surface area contributed by atoms with E-state index in [2.05, 4.69) is 26.1 Å². The summed E-state index contributed by atoms with van der Waals surface area (Å²) in [5, 5.41) is 13.8. The van der Waals surface area contributed by atoms with Gasteiger partial charge < -0.3 is 10.4 Å². The molecule has 1 aliphatic rings. The van der Waals surface area contributed by atoms with Crippen molar-refractivity contribution in [1.29, 1.82) is 0 Å². The van der Waals surface area contributed by atoms with E-state index in [0.29, 0.717) is 11.6 Å². The van der Waals surface area contributed by atoms with Crippen LogP contribution in [-0.2, 0) is 0 Å². The second-order valence-corrected chi connectivity index (χ2v) is 6.27. The van der Waals surface area contributed by atoms with Gasteiger partial charge in [-0.2, -0.15) is 0 Å². The molecule has 0 amide bonds. The lowest BCUT2D eigenvalue weighted by molar-refractivity contribution is 0.129. The van der Waals surface area contributed by atoms with Crippen LogP contribution >= 0.6 is 0 Å². The highest BCUT2D eigenvalue weighted by Crippen LogP contribution is 2.32. The van der Waals surface area contributed by atoms with Crippen LogP contribution < -0.4 is 5.32 Å². The van der Waals surface area contributed by atoms with E-state index in [9.17, 15) is 9.50 Å². The molecule has 1 aliphatic heterocycles. The van der Waals surface area contributed by atoms with Crippen molar-refractivity contribution in [2.75, 3.05) is 0 Å². The second kappa shape index (κ2) is 4.98. The molecule has 0 radical (unpaired) electrons. The smallest absolute Gasteiger partial charge is 0.123 e. The van der Waals surface area contributed by atoms with Gasteiger partial charge in [-0.05, 0) is 36.0 Å². The van der Waals surface area contributed by atoms with E-state index in [4.69, 9.17) is 0 Å². The third kappa shape index (κ3) is 2.90. The molecule has 2 N–H and O–H groups in total. The van der Waals surface area contributed by atoms with Crippen LogP contribution in [0.3, 0.4) is 0 Å². The first-order valence-electron chi connectivity index (χ1n) is 6.57. The molecule has 3 heteroatoms. The summed E-state index contributed by atoms with van der Waals surface area (Å²) in [6.07, 6.45) is 1.35. The Labute approximate surface area is 108 Å². The Kier molecular flexibility index (Phi) is 3.74. The fourth-order valence-corrected chi connectivity index (χ4v) is 2.63. The third-order valence-corrected chi connectivity index (χ3v) is 3.80. The van der Waals surface area contributed by atoms with Crippen LogP contribution in [0.25, 0.3) is 0 Å². The molecule has 0 aliphatic carbocycles. The average molecular weight is 251 g/mol. The summed E-state index contributed by atoms with van der Waals surface area (Å²) in [6, 6.07) is 6.67. The zero-order valence-corrected chi connectivity index (χ0v) is 11.3. The molecular formula is C15H22FNO. The van der Waals surface area contributed by atoms with Crippen LogP contribution in [-0.4, -0.2) is 17.2 Å². The first kappa shape index (κ1) is 13.5. The number of halogens is 1. The molecule has 1 heterocycles. The van der Waals surface area contributed by atoms with Crippen molar-refractivity contribution in [2.45, 2.75) is 51.8 Å². The second-order valence-electron chi connectivity index (χ2n) is 6.27. The van der Waals surface area contributed by atoms with E-state index < -0.39 is 6.10 Å². The Bertz CT molecular complexity index is 413. The molecule has 0 spiro atoms. The number of nitrogens with one attached hydrogen (secondary N) is 1. The van der Waals surface area contributed by atoms with Crippen LogP contribution in [0.2, 0.25) is 0 Å². The number of aliphatic hydroxyl groups is 1. The van der Waals surface area contributed by atoms with Gasteiger partial charge in [0.25, 0.3) is 0 Å². The number of hydrogen-bond donors (Lipinski definition) is 2. The molecule has 0 unspecified atom stereocenters. The van der Waals surface area contributed by atoms with Gasteiger partial charge in [-0.15, -0.1) is 0 Å². The number of benzene rings is 1. The van der Waals surface area contributed by atoms with Crippen LogP contribution in [0.15, 0.2) is 24.3 Å². The van der Waals surface area contributed by atoms with Crippen molar-refractivity contribution in [3.8, 4) is 0 Å². The van der Waals surface area contributed by atoms with E-state index in [-0.39, 0.29) is 17.3 Å². The quantitative estimate of drug-likeness (QED) is 0.847. The molecule has 0 aromatic heterocycles. The van der Waals surface area contributed by atoms with E-state index in [1.165, 1.54) is 12.1 Å². The summed E-state index contributed by atoms with van der Waals surface area (Å²) in [5.74, 6) is -0.295. The topological polar surface area (TPSA) is 32.3 Å². The van der Waals surface area contributed by atoms with Gasteiger partial charge in [-0.3, -0.25) is 0 Å². The van der Waals surface area contributed by atoms with E-state index >= 15 is 0 Å². The maximum absolute atomic E-state index is 13.1. The van der Waals surface area contributed by atoms with Crippen LogP contribution in [0.4, 0.5) is 4.39 Å². The fourth-order valence-electron chi connectivity index (χ4n) is 2.63. The molecule has 2 rings (SSSR count). The SMILES string of the molecule is CC(C)(C)[C@H]1CC[C@H]([C@H](O)c2cccc(F)c2)N1. The largest absolute Gasteiger partial charge is 0.387 e. The van der Waals surface area contributed by atoms with Gasteiger partial charge >= 0.3 is 0 Å². The first-order valence-corrected chi connectivity index (χ1v) is 6.57. The Balaban J connectivity index is 2.06. The molecule has 2 nitrogen and oxygen atoms in total. The summed E-state index contributed by atoms with van der Waals surface area (Å²) in [7, 11) is 0. The highest BCUT2D eigenvalue weighted by molar-refractivity contribution is 5.20. The van der Waals surface area contributed by atoms with Gasteiger partial charge in [-0.1, -0.05) is 32.9 Å². The molecule has 1 aromatic rings. The number of rotatable bonds is 2. The Morgan fingerprint density at radius 1 is 1.33 bits per heavy atom. The van der Waals surface area contributed by atoms with Crippen LogP contribution in [0.5, 0.6) is 0 Å². The van der Waals surface area contributed by atoms with E-state index in [1.807, 2.05) is 0 Å². The van der Waals surface area contributed by atoms with Crippen molar-refractivity contribution >= 4 is 0 Å². The molecule has 100 valence electrons. The average Bonchev–Trinajstić information content (AvgIpc) is 2.77. The lowest BCUT2D eigenvalue weighted by Crippen LogP contribution is -2.40. The van der Waals surface area contributed by atoms with Gasteiger partial charge in [0.1, 0.15) is 5.82 Å². The monoisotopic (exact) mass is 251 g/mol. The highest BCUT2D eigenvalue weighted by atomic mass is 19.1. The molecule has 0 saturated carbocycles. The van der Waals surface area contributed by atoms with Crippen LogP contribution in [0.1, 0.15) is 45.3 Å². The molecule has 0 bridgehead atoms. The van der Waals surface area contributed by atoms with Gasteiger partial charge in [0.15, 0.2) is 0 Å². The van der Waals surface area contributed by atoms with Crippen molar-refractivity contribution in [1.82, 2.24) is 5.32 Å². The number of aliphatic hydroxyl groups excluding tert-OH is 1. The Hall–Kier alpha value is -0.930. The van der Waals surface area contributed by atoms with Gasteiger partial charge in [0.05, 0.1) is 6.10 Å². The third-order valence-electron chi connectivity index (χ3n) is 3.80. The zero-order valence-electron chi connectivity index (χ0n) is 11.3. The van der Waals surface area contributed by atoms with E-state index in [1.54, 1.807) is 12.1 Å². The summed E-state index contributed by atoms with van der Waals surface area (Å²) in [6.45, 7) is 6.59. The molecular weight excluding hydrogens is 229 g/mol. The first-order chi connectivity index (χ1) is 8.38. The Morgan fingerprint density at radius 2 is 2.06 bits per heavy atom. The Morgan fingerprint density at radius 3 is 2.61 bits per heavy atom. The lowest BCUT2D eigenvalue weighted by atomic mass is 9.86. The molecule has 18 heavy (non-hydrogen) atoms. The fraction of sp³-hybridized carbons (Fsp3) is 0.600. The van der Waals surface area contributed by atoms with Crippen LogP contribution in [0, 0.1) is 11.2 Å². The minimum absolute atomic E-state index is 0.0241. The molecule has 1 fully saturated rings. The summed E-state index contributed by atoms with van der Waals surface area (Å²) >= 11 is 0. The number of hydrogen-bond acceptors (Lipinski definition) is 2. The predicted octanol–water partition coefficient (Wildman–Crippen LogP) is 3.03. The van der Waals surface area contributed by atoms with Gasteiger partial charge in [0, 0.05) is 12.1 Å². The molecule has 1 aromatic carbocycles. The maximum atomic E-state index is 13.1. The zero-order chi connectivity index (χ0) is 13.3. The van der Waals surface area contributed by atoms with Crippen molar-refractivity contribution in [3.63, 3.8) is 0 Å². The van der Waals surface area contributed by atoms with Crippen molar-refractivity contribution < 1.29 is 9.50 Å². The standard InChI is InChI=1S/C15H22FNO/c1-15(2,3)13-8-7-12(17-13)14(18)10-5-4-6-11(16)9-10/h4-6,9,12-14,17-18H,7-8H2,1-3H3/t12-,13-,14-/m1/s1. The molecule has 3 atom stereocenters. The van der Waals surface area contributed by atoms with Crippen molar-refractivity contribution in [2.24, 2.45) is 5.41 Å². The summed E-state index contributed by atoms with van der Waals surface area (Å²) in [4.78, 5) is 0. The van der Waals surface area contributed by atoms with Crippen molar-refractivity contribution in [3.05, 3.63) is 35.6 Å². The lowest BCUT2D eigenvalue weighted by Gasteiger charge is -2.29. The van der Waals surface area contributed by atoms with Gasteiger partial charge in [0.2, 0.25) is 0 Å². The minimum Gasteiger partial charge on any atom is -0.387 e. The molecule has 1 saturated heterocycles. The normalized spacial score (nSPS) is 26.3. The van der Waals surface area contributed by atoms with E-state index in [0.717, 1.165) is 12.8 Å². The summed E-state index contributed by atoms with van der Waals surface area (Å²) in [5.41, 5.74) is 0.846. The predicted molar refractivity (Wildman–Crippen MR) is 70.8 cm³/mol. The minimum atomic E-state index is -0.631.